The van der Waals surface area contributed by atoms with E-state index in [4.69, 9.17) is 0 Å². The van der Waals surface area contributed by atoms with Crippen LogP contribution in [0.15, 0.2) is 30.5 Å². The molecule has 0 aliphatic carbocycles. The van der Waals surface area contributed by atoms with Crippen molar-refractivity contribution in [3.8, 4) is 0 Å². The van der Waals surface area contributed by atoms with E-state index in [1.807, 2.05) is 18.3 Å². The second-order valence-electron chi connectivity index (χ2n) is 7.52. The number of nitrogens with zero attached hydrogens (tertiary/aromatic N) is 4. The van der Waals surface area contributed by atoms with Crippen LogP contribution in [0.4, 0.5) is 4.39 Å². The highest BCUT2D eigenvalue weighted by Crippen LogP contribution is 2.20. The second-order valence-corrected chi connectivity index (χ2v) is 7.52. The Hall–Kier alpha value is -1.72. The van der Waals surface area contributed by atoms with Gasteiger partial charge in [0.1, 0.15) is 5.82 Å². The van der Waals surface area contributed by atoms with Crippen LogP contribution in [0.2, 0.25) is 0 Å². The van der Waals surface area contributed by atoms with E-state index in [9.17, 15) is 4.39 Å². The van der Waals surface area contributed by atoms with E-state index in [1.165, 1.54) is 17.7 Å². The Bertz CT molecular complexity index is 712. The number of hydrogen-bond donors (Lipinski definition) is 0. The molecule has 1 saturated heterocycles. The van der Waals surface area contributed by atoms with E-state index in [0.29, 0.717) is 12.6 Å². The summed E-state index contributed by atoms with van der Waals surface area (Å²) in [5.41, 5.74) is 3.39. The Morgan fingerprint density at radius 3 is 2.85 bits per heavy atom. The largest absolute Gasteiger partial charge is 0.298 e. The lowest BCUT2D eigenvalue weighted by Crippen LogP contribution is -2.45. The van der Waals surface area contributed by atoms with Gasteiger partial charge in [0, 0.05) is 49.0 Å². The van der Waals surface area contributed by atoms with Crippen LogP contribution in [0.5, 0.6) is 0 Å². The Balaban J connectivity index is 1.59. The van der Waals surface area contributed by atoms with Crippen LogP contribution in [0.25, 0.3) is 0 Å². The van der Waals surface area contributed by atoms with Crippen LogP contribution >= 0.6 is 0 Å². The molecule has 0 spiro atoms. The third kappa shape index (κ3) is 4.51. The number of halogens is 1. The van der Waals surface area contributed by atoms with Gasteiger partial charge in [0.2, 0.25) is 0 Å². The van der Waals surface area contributed by atoms with Gasteiger partial charge in [-0.05, 0) is 45.8 Å². The van der Waals surface area contributed by atoms with E-state index in [1.54, 1.807) is 12.1 Å². The number of piperidine rings is 1. The molecule has 1 fully saturated rings. The topological polar surface area (TPSA) is 24.3 Å². The summed E-state index contributed by atoms with van der Waals surface area (Å²) in [6, 6.07) is 7.63. The number of aryl methyl sites for hydroxylation is 1. The molecule has 2 heterocycles. The van der Waals surface area contributed by atoms with Crippen LogP contribution in [-0.2, 0) is 19.6 Å². The van der Waals surface area contributed by atoms with E-state index in [0.717, 1.165) is 44.6 Å². The van der Waals surface area contributed by atoms with Crippen LogP contribution in [-0.4, -0.2) is 45.8 Å². The lowest BCUT2D eigenvalue weighted by molar-refractivity contribution is 0.106. The summed E-state index contributed by atoms with van der Waals surface area (Å²) in [5, 5.41) is 4.52. The summed E-state index contributed by atoms with van der Waals surface area (Å²) in [7, 11) is 2.20. The van der Waals surface area contributed by atoms with Gasteiger partial charge in [-0.15, -0.1) is 0 Å². The Morgan fingerprint density at radius 2 is 2.08 bits per heavy atom. The van der Waals surface area contributed by atoms with Crippen LogP contribution in [0, 0.1) is 12.7 Å². The summed E-state index contributed by atoms with van der Waals surface area (Å²) in [4.78, 5) is 4.82. The number of likely N-dealkylation sites (N-methyl/N-ethyl adjacent to an activating group) is 1. The SMILES string of the molecule is CCCn1ncc(CN(C)C2CCCN(Cc3ccccc3F)C2)c1C. The van der Waals surface area contributed by atoms with Crippen molar-refractivity contribution in [1.29, 1.82) is 0 Å². The zero-order valence-corrected chi connectivity index (χ0v) is 16.3. The molecule has 142 valence electrons. The first-order chi connectivity index (χ1) is 12.6. The standard InChI is InChI=1S/C21H31FN4/c1-4-11-26-17(2)19(13-23-26)14-24(3)20-9-7-12-25(16-20)15-18-8-5-6-10-21(18)22/h5-6,8,10,13,20H,4,7,9,11-12,14-16H2,1-3H3. The lowest BCUT2D eigenvalue weighted by atomic mass is 10.0. The maximum Gasteiger partial charge on any atom is 0.127 e. The van der Waals surface area contributed by atoms with Crippen molar-refractivity contribution in [2.24, 2.45) is 0 Å². The van der Waals surface area contributed by atoms with Gasteiger partial charge in [-0.1, -0.05) is 25.1 Å². The van der Waals surface area contributed by atoms with E-state index >= 15 is 0 Å². The molecule has 5 heteroatoms. The number of likely N-dealkylation sites (tertiary alicyclic amines) is 1. The third-order valence-electron chi connectivity index (χ3n) is 5.52. The fourth-order valence-electron chi connectivity index (χ4n) is 3.88. The number of rotatable bonds is 7. The molecule has 0 saturated carbocycles. The van der Waals surface area contributed by atoms with E-state index in [2.05, 4.69) is 40.5 Å². The average molecular weight is 359 g/mol. The van der Waals surface area contributed by atoms with Gasteiger partial charge in [0.05, 0.1) is 6.20 Å². The van der Waals surface area contributed by atoms with Crippen molar-refractivity contribution < 1.29 is 4.39 Å². The summed E-state index contributed by atoms with van der Waals surface area (Å²) < 4.78 is 16.1. The first-order valence-electron chi connectivity index (χ1n) is 9.75. The minimum absolute atomic E-state index is 0.0954. The van der Waals surface area contributed by atoms with Gasteiger partial charge in [-0.3, -0.25) is 14.5 Å². The normalized spacial score (nSPS) is 18.6. The van der Waals surface area contributed by atoms with Crippen LogP contribution in [0.3, 0.4) is 0 Å². The van der Waals surface area contributed by atoms with Crippen molar-refractivity contribution in [2.45, 2.75) is 58.8 Å². The summed E-state index contributed by atoms with van der Waals surface area (Å²) in [6.45, 7) is 8.99. The van der Waals surface area contributed by atoms with Gasteiger partial charge < -0.3 is 0 Å². The second kappa shape index (κ2) is 8.78. The molecule has 1 aliphatic heterocycles. The molecule has 1 aromatic heterocycles. The predicted octanol–water partition coefficient (Wildman–Crippen LogP) is 3.84. The summed E-state index contributed by atoms with van der Waals surface area (Å²) in [5.74, 6) is -0.0954. The fraction of sp³-hybridized carbons (Fsp3) is 0.571. The lowest BCUT2D eigenvalue weighted by Gasteiger charge is -2.37. The molecule has 2 aromatic rings. The minimum atomic E-state index is -0.0954. The third-order valence-corrected chi connectivity index (χ3v) is 5.52. The Kier molecular flexibility index (Phi) is 6.43. The molecule has 0 bridgehead atoms. The molecule has 1 atom stereocenters. The van der Waals surface area contributed by atoms with E-state index in [-0.39, 0.29) is 5.82 Å². The maximum absolute atomic E-state index is 14.0. The quantitative estimate of drug-likeness (QED) is 0.752. The molecule has 0 N–H and O–H groups in total. The highest BCUT2D eigenvalue weighted by molar-refractivity contribution is 5.18. The van der Waals surface area contributed by atoms with Gasteiger partial charge >= 0.3 is 0 Å². The van der Waals surface area contributed by atoms with E-state index < -0.39 is 0 Å². The van der Waals surface area contributed by atoms with Gasteiger partial charge in [-0.25, -0.2) is 4.39 Å². The smallest absolute Gasteiger partial charge is 0.127 e. The fourth-order valence-corrected chi connectivity index (χ4v) is 3.88. The monoisotopic (exact) mass is 358 g/mol. The van der Waals surface area contributed by atoms with Crippen LogP contribution < -0.4 is 0 Å². The molecule has 4 nitrogen and oxygen atoms in total. The molecule has 0 amide bonds. The van der Waals surface area contributed by atoms with Crippen molar-refractivity contribution in [2.75, 3.05) is 20.1 Å². The van der Waals surface area contributed by atoms with Crippen LogP contribution in [0.1, 0.15) is 43.0 Å². The Labute approximate surface area is 156 Å². The van der Waals surface area contributed by atoms with Crippen molar-refractivity contribution in [3.05, 3.63) is 53.1 Å². The average Bonchev–Trinajstić information content (AvgIpc) is 2.98. The summed E-state index contributed by atoms with van der Waals surface area (Å²) >= 11 is 0. The minimum Gasteiger partial charge on any atom is -0.298 e. The van der Waals surface area contributed by atoms with Gasteiger partial charge in [-0.2, -0.15) is 5.10 Å². The summed E-state index contributed by atoms with van der Waals surface area (Å²) in [6.07, 6.45) is 5.48. The first kappa shape index (κ1) is 19.1. The van der Waals surface area contributed by atoms with Crippen molar-refractivity contribution in [3.63, 3.8) is 0 Å². The molecule has 1 unspecified atom stereocenters. The molecule has 3 rings (SSSR count). The molecule has 1 aliphatic rings. The highest BCUT2D eigenvalue weighted by atomic mass is 19.1. The molecule has 1 aromatic carbocycles. The maximum atomic E-state index is 14.0. The number of benzene rings is 1. The number of aromatic nitrogens is 2. The molecular weight excluding hydrogens is 327 g/mol. The molecule has 26 heavy (non-hydrogen) atoms. The predicted molar refractivity (Wildman–Crippen MR) is 103 cm³/mol. The zero-order chi connectivity index (χ0) is 18.5. The molecule has 0 radical (unpaired) electrons. The molecular formula is C21H31FN4. The number of hydrogen-bond acceptors (Lipinski definition) is 3. The Morgan fingerprint density at radius 1 is 1.27 bits per heavy atom. The van der Waals surface area contributed by atoms with Gasteiger partial charge in [0.25, 0.3) is 0 Å². The highest BCUT2D eigenvalue weighted by Gasteiger charge is 2.24. The van der Waals surface area contributed by atoms with Gasteiger partial charge in [0.15, 0.2) is 0 Å². The first-order valence-corrected chi connectivity index (χ1v) is 9.75. The zero-order valence-electron chi connectivity index (χ0n) is 16.3. The van der Waals surface area contributed by atoms with Crippen molar-refractivity contribution in [1.82, 2.24) is 19.6 Å². The van der Waals surface area contributed by atoms with Crippen molar-refractivity contribution >= 4 is 0 Å².